The van der Waals surface area contributed by atoms with E-state index in [9.17, 15) is 4.79 Å². The monoisotopic (exact) mass is 356 g/mol. The number of nitrogens with zero attached hydrogens (tertiary/aromatic N) is 1. The molecule has 0 bridgehead atoms. The number of rotatable bonds is 6. The highest BCUT2D eigenvalue weighted by molar-refractivity contribution is 6.35. The van der Waals surface area contributed by atoms with Gasteiger partial charge in [-0.1, -0.05) is 36.5 Å². The first kappa shape index (κ1) is 18.1. The van der Waals surface area contributed by atoms with Crippen LogP contribution >= 0.6 is 23.2 Å². The fourth-order valence-electron chi connectivity index (χ4n) is 2.53. The minimum Gasteiger partial charge on any atom is -0.492 e. The zero-order chi connectivity index (χ0) is 16.7. The molecule has 1 aliphatic rings. The van der Waals surface area contributed by atoms with Crippen molar-refractivity contribution in [1.82, 2.24) is 5.43 Å². The van der Waals surface area contributed by atoms with Crippen LogP contribution in [0.2, 0.25) is 10.0 Å². The molecule has 1 aliphatic carbocycles. The topological polar surface area (TPSA) is 50.7 Å². The highest BCUT2D eigenvalue weighted by Crippen LogP contribution is 2.27. The van der Waals surface area contributed by atoms with E-state index < -0.39 is 0 Å². The Bertz CT molecular complexity index is 576. The molecule has 0 saturated heterocycles. The largest absolute Gasteiger partial charge is 0.492 e. The van der Waals surface area contributed by atoms with Crippen LogP contribution in [0.5, 0.6) is 5.75 Å². The van der Waals surface area contributed by atoms with Crippen molar-refractivity contribution in [3.8, 4) is 5.75 Å². The lowest BCUT2D eigenvalue weighted by Crippen LogP contribution is -2.24. The number of carbonyl (C=O) groups is 1. The highest BCUT2D eigenvalue weighted by Gasteiger charge is 2.16. The molecule has 0 spiro atoms. The summed E-state index contributed by atoms with van der Waals surface area (Å²) < 4.78 is 5.55. The molecule has 1 fully saturated rings. The molecule has 23 heavy (non-hydrogen) atoms. The summed E-state index contributed by atoms with van der Waals surface area (Å²) in [5.74, 6) is 0.966. The molecular weight excluding hydrogens is 335 g/mol. The number of benzene rings is 1. The van der Waals surface area contributed by atoms with Gasteiger partial charge in [-0.3, -0.25) is 4.79 Å². The van der Waals surface area contributed by atoms with E-state index in [1.165, 1.54) is 6.42 Å². The molecule has 1 aromatic carbocycles. The second-order valence-corrected chi connectivity index (χ2v) is 6.66. The van der Waals surface area contributed by atoms with Crippen LogP contribution in [0.1, 0.15) is 45.4 Å². The molecule has 1 unspecified atom stereocenters. The second-order valence-electron chi connectivity index (χ2n) is 5.81. The van der Waals surface area contributed by atoms with Crippen LogP contribution in [0.3, 0.4) is 0 Å². The number of amides is 1. The lowest BCUT2D eigenvalue weighted by atomic mass is 9.89. The molecule has 6 heteroatoms. The van der Waals surface area contributed by atoms with E-state index in [4.69, 9.17) is 27.9 Å². The Kier molecular flexibility index (Phi) is 7.18. The maximum Gasteiger partial charge on any atom is 0.240 e. The van der Waals surface area contributed by atoms with Gasteiger partial charge in [-0.15, -0.1) is 0 Å². The van der Waals surface area contributed by atoms with Gasteiger partial charge in [0.15, 0.2) is 0 Å². The van der Waals surface area contributed by atoms with Crippen LogP contribution in [-0.2, 0) is 4.79 Å². The molecule has 0 radical (unpaired) electrons. The Labute approximate surface area is 147 Å². The van der Waals surface area contributed by atoms with Crippen molar-refractivity contribution in [2.75, 3.05) is 6.61 Å². The molecule has 1 atom stereocenters. The van der Waals surface area contributed by atoms with Crippen LogP contribution in [0.4, 0.5) is 0 Å². The van der Waals surface area contributed by atoms with Crippen LogP contribution in [-0.4, -0.2) is 18.2 Å². The normalized spacial score (nSPS) is 19.6. The molecular formula is C17H22Cl2N2O2. The predicted octanol–water partition coefficient (Wildman–Crippen LogP) is 4.83. The summed E-state index contributed by atoms with van der Waals surface area (Å²) in [5, 5.41) is 5.30. The van der Waals surface area contributed by atoms with Crippen molar-refractivity contribution in [3.05, 3.63) is 28.2 Å². The molecule has 1 N–H and O–H groups in total. The van der Waals surface area contributed by atoms with Crippen LogP contribution in [0.15, 0.2) is 23.3 Å². The fourth-order valence-corrected chi connectivity index (χ4v) is 3.00. The Morgan fingerprint density at radius 2 is 2.22 bits per heavy atom. The average molecular weight is 357 g/mol. The molecule has 126 valence electrons. The third kappa shape index (κ3) is 6.04. The molecule has 1 aromatic rings. The zero-order valence-corrected chi connectivity index (χ0v) is 14.8. The van der Waals surface area contributed by atoms with E-state index in [1.54, 1.807) is 18.2 Å². The summed E-state index contributed by atoms with van der Waals surface area (Å²) >= 11 is 11.8. The lowest BCUT2D eigenvalue weighted by molar-refractivity contribution is -0.121. The SMILES string of the molecule is CC1CCCC/C1=N/NC(=O)CCCOc1ccc(Cl)cc1Cl. The van der Waals surface area contributed by atoms with E-state index in [2.05, 4.69) is 17.5 Å². The first-order chi connectivity index (χ1) is 11.1. The average Bonchev–Trinajstić information content (AvgIpc) is 2.52. The zero-order valence-electron chi connectivity index (χ0n) is 13.3. The Balaban J connectivity index is 1.67. The number of ether oxygens (including phenoxy) is 1. The first-order valence-electron chi connectivity index (χ1n) is 7.99. The number of hydrogen-bond acceptors (Lipinski definition) is 3. The third-order valence-electron chi connectivity index (χ3n) is 3.91. The summed E-state index contributed by atoms with van der Waals surface area (Å²) in [5.41, 5.74) is 3.76. The summed E-state index contributed by atoms with van der Waals surface area (Å²) in [4.78, 5) is 11.8. The van der Waals surface area contributed by atoms with Gasteiger partial charge in [0, 0.05) is 17.2 Å². The van der Waals surface area contributed by atoms with Crippen molar-refractivity contribution in [2.45, 2.75) is 45.4 Å². The summed E-state index contributed by atoms with van der Waals surface area (Å²) in [7, 11) is 0. The number of hydrazone groups is 1. The van der Waals surface area contributed by atoms with Gasteiger partial charge in [0.25, 0.3) is 0 Å². The van der Waals surface area contributed by atoms with Gasteiger partial charge < -0.3 is 4.74 Å². The maximum absolute atomic E-state index is 11.8. The standard InChI is InChI=1S/C17H22Cl2N2O2/c1-12-5-2-3-6-15(12)20-21-17(22)7-4-10-23-16-9-8-13(18)11-14(16)19/h8-9,11-12H,2-7,10H2,1H3,(H,21,22)/b20-15-. The summed E-state index contributed by atoms with van der Waals surface area (Å²) in [6.07, 6.45) is 5.53. The molecule has 4 nitrogen and oxygen atoms in total. The lowest BCUT2D eigenvalue weighted by Gasteiger charge is -2.19. The number of halogens is 2. The van der Waals surface area contributed by atoms with Gasteiger partial charge in [-0.05, 0) is 49.8 Å². The van der Waals surface area contributed by atoms with E-state index in [1.807, 2.05) is 0 Å². The number of nitrogens with one attached hydrogen (secondary N) is 1. The van der Waals surface area contributed by atoms with Crippen LogP contribution in [0, 0.1) is 5.92 Å². The van der Waals surface area contributed by atoms with E-state index in [0.29, 0.717) is 41.2 Å². The predicted molar refractivity (Wildman–Crippen MR) is 94.4 cm³/mol. The quantitative estimate of drug-likeness (QED) is 0.585. The Hall–Kier alpha value is -1.26. The third-order valence-corrected chi connectivity index (χ3v) is 4.44. The summed E-state index contributed by atoms with van der Waals surface area (Å²) in [6, 6.07) is 5.07. The number of carbonyl (C=O) groups excluding carboxylic acids is 1. The van der Waals surface area contributed by atoms with Crippen molar-refractivity contribution >= 4 is 34.8 Å². The second kappa shape index (κ2) is 9.14. The van der Waals surface area contributed by atoms with E-state index in [-0.39, 0.29) is 5.91 Å². The highest BCUT2D eigenvalue weighted by atomic mass is 35.5. The Morgan fingerprint density at radius 3 is 2.96 bits per heavy atom. The molecule has 0 heterocycles. The van der Waals surface area contributed by atoms with Crippen LogP contribution < -0.4 is 10.2 Å². The van der Waals surface area contributed by atoms with Gasteiger partial charge in [-0.2, -0.15) is 5.10 Å². The minimum absolute atomic E-state index is 0.0823. The van der Waals surface area contributed by atoms with Crippen LogP contribution in [0.25, 0.3) is 0 Å². The van der Waals surface area contributed by atoms with Crippen molar-refractivity contribution in [2.24, 2.45) is 11.0 Å². The minimum atomic E-state index is -0.0823. The van der Waals surface area contributed by atoms with Gasteiger partial charge in [-0.25, -0.2) is 5.43 Å². The van der Waals surface area contributed by atoms with Crippen molar-refractivity contribution in [1.29, 1.82) is 0 Å². The molecule has 2 rings (SSSR count). The van der Waals surface area contributed by atoms with Gasteiger partial charge in [0.2, 0.25) is 5.91 Å². The Morgan fingerprint density at radius 1 is 1.39 bits per heavy atom. The molecule has 1 saturated carbocycles. The first-order valence-corrected chi connectivity index (χ1v) is 8.75. The van der Waals surface area contributed by atoms with Gasteiger partial charge in [0.05, 0.1) is 11.6 Å². The summed E-state index contributed by atoms with van der Waals surface area (Å²) in [6.45, 7) is 2.58. The maximum atomic E-state index is 11.8. The van der Waals surface area contributed by atoms with Gasteiger partial charge in [0.1, 0.15) is 5.75 Å². The molecule has 0 aliphatic heterocycles. The van der Waals surface area contributed by atoms with E-state index >= 15 is 0 Å². The molecule has 0 aromatic heterocycles. The van der Waals surface area contributed by atoms with Crippen molar-refractivity contribution < 1.29 is 9.53 Å². The smallest absolute Gasteiger partial charge is 0.240 e. The van der Waals surface area contributed by atoms with E-state index in [0.717, 1.165) is 25.0 Å². The van der Waals surface area contributed by atoms with Gasteiger partial charge >= 0.3 is 0 Å². The molecule has 1 amide bonds. The van der Waals surface area contributed by atoms with Crippen molar-refractivity contribution in [3.63, 3.8) is 0 Å². The fraction of sp³-hybridized carbons (Fsp3) is 0.529. The number of hydrogen-bond donors (Lipinski definition) is 1.